The molecule has 1 heteroatoms. The highest BCUT2D eigenvalue weighted by Crippen LogP contribution is 2.66. The predicted molar refractivity (Wildman–Crippen MR) is 131 cm³/mol. The summed E-state index contributed by atoms with van der Waals surface area (Å²) in [4.78, 5) is 0. The molecule has 2 aromatic rings. The van der Waals surface area contributed by atoms with Crippen molar-refractivity contribution in [1.82, 2.24) is 0 Å². The van der Waals surface area contributed by atoms with Gasteiger partial charge in [0.2, 0.25) is 0 Å². The molecule has 158 valence electrons. The van der Waals surface area contributed by atoms with Gasteiger partial charge in [0.05, 0.1) is 0 Å². The van der Waals surface area contributed by atoms with Gasteiger partial charge in [-0.15, -0.1) is 0 Å². The third-order valence-electron chi connectivity index (χ3n) is 6.84. The minimum atomic E-state index is -0.104. The Balaban J connectivity index is 2.00. The van der Waals surface area contributed by atoms with Crippen LogP contribution >= 0.6 is 7.92 Å². The third-order valence-corrected chi connectivity index (χ3v) is 10.9. The lowest BCUT2D eigenvalue weighted by Crippen LogP contribution is -2.36. The fourth-order valence-electron chi connectivity index (χ4n) is 6.46. The average molecular weight is 409 g/mol. The summed E-state index contributed by atoms with van der Waals surface area (Å²) in [5.74, 6) is 2.07. The molecule has 1 fully saturated rings. The molecular weight excluding hydrogens is 367 g/mol. The van der Waals surface area contributed by atoms with Crippen molar-refractivity contribution in [1.29, 1.82) is 0 Å². The van der Waals surface area contributed by atoms with Crippen LogP contribution in [0.25, 0.3) is 0 Å². The fourth-order valence-corrected chi connectivity index (χ4v) is 11.7. The average Bonchev–Trinajstić information content (AvgIpc) is 3.11. The second kappa shape index (κ2) is 8.93. The highest BCUT2D eigenvalue weighted by molar-refractivity contribution is 7.61. The van der Waals surface area contributed by atoms with E-state index in [1.165, 1.54) is 30.4 Å². The topological polar surface area (TPSA) is 0 Å². The van der Waals surface area contributed by atoms with E-state index in [9.17, 15) is 0 Å². The van der Waals surface area contributed by atoms with Gasteiger partial charge >= 0.3 is 0 Å². The minimum absolute atomic E-state index is 0.104. The van der Waals surface area contributed by atoms with Crippen LogP contribution in [0.2, 0.25) is 0 Å². The quantitative estimate of drug-likeness (QED) is 0.434. The molecule has 1 aliphatic carbocycles. The molecule has 0 amide bonds. The van der Waals surface area contributed by atoms with Crippen molar-refractivity contribution in [3.63, 3.8) is 0 Å². The zero-order chi connectivity index (χ0) is 21.2. The maximum absolute atomic E-state index is 2.60. The molecule has 0 heterocycles. The van der Waals surface area contributed by atoms with Crippen molar-refractivity contribution in [2.24, 2.45) is 11.8 Å². The minimum Gasteiger partial charge on any atom is -0.0924 e. The molecule has 3 atom stereocenters. The summed E-state index contributed by atoms with van der Waals surface area (Å²) >= 11 is 0. The van der Waals surface area contributed by atoms with Crippen molar-refractivity contribution < 1.29 is 0 Å². The maximum Gasteiger partial charge on any atom is 0.0120 e. The van der Waals surface area contributed by atoms with Gasteiger partial charge in [-0.1, -0.05) is 123 Å². The molecule has 1 saturated carbocycles. The molecule has 0 bridgehead atoms. The summed E-state index contributed by atoms with van der Waals surface area (Å²) in [6, 6.07) is 22.6. The molecule has 0 aliphatic heterocycles. The van der Waals surface area contributed by atoms with Crippen molar-refractivity contribution in [2.75, 3.05) is 0 Å². The van der Waals surface area contributed by atoms with Gasteiger partial charge in [-0.05, 0) is 51.8 Å². The molecule has 2 aromatic carbocycles. The van der Waals surface area contributed by atoms with E-state index in [0.29, 0.717) is 16.2 Å². The largest absolute Gasteiger partial charge is 0.0924 e. The first-order valence-electron chi connectivity index (χ1n) is 11.5. The van der Waals surface area contributed by atoms with E-state index in [1.807, 2.05) is 0 Å². The normalized spacial score (nSPS) is 21.7. The Morgan fingerprint density at radius 2 is 1.10 bits per heavy atom. The standard InChI is InChI=1S/C28H41P/c1-21(29(27(2,3)4)28(5,6)7)24-19-14-20-25(24)26(22-15-10-8-11-16-22)23-17-12-9-13-18-23/h8-13,15-18,21,24-26H,14,19-20H2,1-7H3/t21-,24?,25?/m1/s1. The Hall–Kier alpha value is -1.13. The van der Waals surface area contributed by atoms with Gasteiger partial charge in [-0.2, -0.15) is 0 Å². The highest BCUT2D eigenvalue weighted by Gasteiger charge is 2.46. The van der Waals surface area contributed by atoms with Gasteiger partial charge in [-0.3, -0.25) is 0 Å². The Kier molecular flexibility index (Phi) is 6.95. The molecule has 0 aromatic heterocycles. The first-order valence-corrected chi connectivity index (χ1v) is 12.9. The first-order chi connectivity index (χ1) is 13.6. The van der Waals surface area contributed by atoms with Crippen LogP contribution in [0.15, 0.2) is 60.7 Å². The Bertz CT molecular complexity index is 697. The lowest BCUT2D eigenvalue weighted by Gasteiger charge is -2.49. The molecule has 29 heavy (non-hydrogen) atoms. The van der Waals surface area contributed by atoms with Crippen molar-refractivity contribution in [3.8, 4) is 0 Å². The molecule has 0 N–H and O–H groups in total. The summed E-state index contributed by atoms with van der Waals surface area (Å²) in [6.07, 6.45) is 4.14. The summed E-state index contributed by atoms with van der Waals surface area (Å²) in [7, 11) is -0.104. The number of benzene rings is 2. The van der Waals surface area contributed by atoms with Gasteiger partial charge < -0.3 is 0 Å². The van der Waals surface area contributed by atoms with Crippen molar-refractivity contribution in [3.05, 3.63) is 71.8 Å². The maximum atomic E-state index is 2.60. The molecular formula is C28H41P. The van der Waals surface area contributed by atoms with Crippen LogP contribution in [-0.2, 0) is 0 Å². The van der Waals surface area contributed by atoms with E-state index in [-0.39, 0.29) is 7.92 Å². The number of hydrogen-bond donors (Lipinski definition) is 0. The van der Waals surface area contributed by atoms with E-state index in [1.54, 1.807) is 0 Å². The second-order valence-corrected chi connectivity index (χ2v) is 15.2. The monoisotopic (exact) mass is 408 g/mol. The zero-order valence-electron chi connectivity index (χ0n) is 19.7. The second-order valence-electron chi connectivity index (χ2n) is 11.0. The van der Waals surface area contributed by atoms with Crippen LogP contribution in [0.3, 0.4) is 0 Å². The molecule has 0 radical (unpaired) electrons. The summed E-state index contributed by atoms with van der Waals surface area (Å²) in [6.45, 7) is 17.5. The van der Waals surface area contributed by atoms with Crippen molar-refractivity contribution in [2.45, 2.75) is 89.6 Å². The van der Waals surface area contributed by atoms with E-state index in [4.69, 9.17) is 0 Å². The van der Waals surface area contributed by atoms with E-state index in [2.05, 4.69) is 109 Å². The molecule has 1 aliphatic rings. The summed E-state index contributed by atoms with van der Waals surface area (Å²) < 4.78 is 0. The van der Waals surface area contributed by atoms with Gasteiger partial charge in [-0.25, -0.2) is 0 Å². The van der Waals surface area contributed by atoms with Crippen LogP contribution in [0.1, 0.15) is 84.8 Å². The van der Waals surface area contributed by atoms with E-state index in [0.717, 1.165) is 17.5 Å². The molecule has 3 rings (SSSR count). The third kappa shape index (κ3) is 5.14. The van der Waals surface area contributed by atoms with Crippen molar-refractivity contribution >= 4 is 7.92 Å². The van der Waals surface area contributed by atoms with Gasteiger partial charge in [0.25, 0.3) is 0 Å². The summed E-state index contributed by atoms with van der Waals surface area (Å²) in [5, 5.41) is 0.768. The van der Waals surface area contributed by atoms with Gasteiger partial charge in [0, 0.05) is 5.92 Å². The number of rotatable bonds is 5. The Morgan fingerprint density at radius 1 is 0.690 bits per heavy atom. The highest BCUT2D eigenvalue weighted by atomic mass is 31.1. The first kappa shape index (κ1) is 22.6. The van der Waals surface area contributed by atoms with Crippen LogP contribution in [0.4, 0.5) is 0 Å². The lowest BCUT2D eigenvalue weighted by molar-refractivity contribution is 0.343. The smallest absolute Gasteiger partial charge is 0.0120 e. The Labute approximate surface area is 181 Å². The lowest BCUT2D eigenvalue weighted by atomic mass is 9.75. The van der Waals surface area contributed by atoms with Crippen LogP contribution in [0, 0.1) is 11.8 Å². The SMILES string of the molecule is C[C@H](C1CCCC1C(c1ccccc1)c1ccccc1)P(C(C)(C)C)C(C)(C)C. The van der Waals surface area contributed by atoms with Crippen LogP contribution in [0.5, 0.6) is 0 Å². The molecule has 2 unspecified atom stereocenters. The number of hydrogen-bond acceptors (Lipinski definition) is 0. The Morgan fingerprint density at radius 3 is 1.52 bits per heavy atom. The molecule has 0 saturated heterocycles. The summed E-state index contributed by atoms with van der Waals surface area (Å²) in [5.41, 5.74) is 3.78. The van der Waals surface area contributed by atoms with Crippen LogP contribution < -0.4 is 0 Å². The van der Waals surface area contributed by atoms with Gasteiger partial charge in [0.15, 0.2) is 0 Å². The van der Waals surface area contributed by atoms with E-state index < -0.39 is 0 Å². The zero-order valence-corrected chi connectivity index (χ0v) is 20.5. The van der Waals surface area contributed by atoms with Gasteiger partial charge in [0.1, 0.15) is 0 Å². The fraction of sp³-hybridized carbons (Fsp3) is 0.571. The molecule has 0 spiro atoms. The molecule has 0 nitrogen and oxygen atoms in total. The van der Waals surface area contributed by atoms with E-state index >= 15 is 0 Å². The predicted octanol–water partition coefficient (Wildman–Crippen LogP) is 8.70. The van der Waals surface area contributed by atoms with Crippen LogP contribution in [-0.4, -0.2) is 16.0 Å².